The van der Waals surface area contributed by atoms with Gasteiger partial charge in [0.15, 0.2) is 0 Å². The molecule has 0 radical (unpaired) electrons. The van der Waals surface area contributed by atoms with E-state index in [2.05, 4.69) is 6.92 Å². The Kier molecular flexibility index (Phi) is 1.57. The fourth-order valence-corrected chi connectivity index (χ4v) is 1.38. The van der Waals surface area contributed by atoms with Crippen molar-refractivity contribution >= 4 is 0 Å². The molecule has 2 N–H and O–H groups in total. The van der Waals surface area contributed by atoms with Gasteiger partial charge in [-0.15, -0.1) is 0 Å². The van der Waals surface area contributed by atoms with E-state index in [-0.39, 0.29) is 0 Å². The molecule has 1 heteroatoms. The van der Waals surface area contributed by atoms with Gasteiger partial charge in [0.05, 0.1) is 0 Å². The van der Waals surface area contributed by atoms with Crippen molar-refractivity contribution in [3.8, 4) is 0 Å². The van der Waals surface area contributed by atoms with E-state index in [9.17, 15) is 0 Å². The van der Waals surface area contributed by atoms with Gasteiger partial charge in [0.25, 0.3) is 0 Å². The van der Waals surface area contributed by atoms with Crippen molar-refractivity contribution in [2.75, 3.05) is 6.54 Å². The molecule has 0 aromatic heterocycles. The zero-order valence-corrected chi connectivity index (χ0v) is 5.61. The number of nitrogens with two attached hydrogens (primary N) is 1. The van der Waals surface area contributed by atoms with Crippen molar-refractivity contribution < 1.29 is 0 Å². The second-order valence-electron chi connectivity index (χ2n) is 3.20. The van der Waals surface area contributed by atoms with E-state index in [1.807, 2.05) is 0 Å². The highest BCUT2D eigenvalue weighted by atomic mass is 14.5. The van der Waals surface area contributed by atoms with Crippen LogP contribution in [0.2, 0.25) is 0 Å². The molecule has 8 heavy (non-hydrogen) atoms. The Bertz CT molecular complexity index is 74.5. The van der Waals surface area contributed by atoms with E-state index in [1.165, 1.54) is 25.7 Å². The summed E-state index contributed by atoms with van der Waals surface area (Å²) in [4.78, 5) is 0. The van der Waals surface area contributed by atoms with Crippen molar-refractivity contribution in [2.45, 2.75) is 32.6 Å². The van der Waals surface area contributed by atoms with E-state index in [0.29, 0.717) is 5.41 Å². The van der Waals surface area contributed by atoms with Crippen LogP contribution in [0.5, 0.6) is 0 Å². The van der Waals surface area contributed by atoms with Crippen molar-refractivity contribution in [1.29, 1.82) is 0 Å². The largest absolute Gasteiger partial charge is 0.330 e. The predicted octanol–water partition coefficient (Wildman–Crippen LogP) is 1.53. The summed E-state index contributed by atoms with van der Waals surface area (Å²) in [7, 11) is 0. The summed E-state index contributed by atoms with van der Waals surface area (Å²) in [6.45, 7) is 3.21. The lowest BCUT2D eigenvalue weighted by molar-refractivity contribution is 0.150. The van der Waals surface area contributed by atoms with Gasteiger partial charge in [-0.25, -0.2) is 0 Å². The minimum absolute atomic E-state index is 0.648. The number of hydrogen-bond acceptors (Lipinski definition) is 1. The van der Waals surface area contributed by atoms with Crippen LogP contribution in [0.25, 0.3) is 0 Å². The molecule has 1 aliphatic rings. The van der Waals surface area contributed by atoms with E-state index < -0.39 is 0 Å². The van der Waals surface area contributed by atoms with E-state index >= 15 is 0 Å². The van der Waals surface area contributed by atoms with Gasteiger partial charge in [0.2, 0.25) is 0 Å². The summed E-state index contributed by atoms with van der Waals surface area (Å²) < 4.78 is 0. The molecule has 0 heterocycles. The summed E-state index contributed by atoms with van der Waals surface area (Å²) in [5.74, 6) is 0. The van der Waals surface area contributed by atoms with Crippen molar-refractivity contribution in [2.24, 2.45) is 11.1 Å². The average Bonchev–Trinajstić information content (AvgIpc) is 1.64. The highest BCUT2D eigenvalue weighted by molar-refractivity contribution is 4.82. The highest BCUT2D eigenvalue weighted by Gasteiger charge is 2.30. The maximum absolute atomic E-state index is 5.42. The Morgan fingerprint density at radius 3 is 2.25 bits per heavy atom. The Morgan fingerprint density at radius 1 is 1.50 bits per heavy atom. The van der Waals surface area contributed by atoms with Crippen LogP contribution < -0.4 is 5.73 Å². The third-order valence-corrected chi connectivity index (χ3v) is 2.31. The van der Waals surface area contributed by atoms with Gasteiger partial charge in [-0.3, -0.25) is 0 Å². The molecule has 1 saturated carbocycles. The standard InChI is InChI=1S/C7H15N/c1-7(5-6-8)3-2-4-7/h2-6,8H2,1H3. The van der Waals surface area contributed by atoms with Crippen LogP contribution >= 0.6 is 0 Å². The van der Waals surface area contributed by atoms with Gasteiger partial charge in [0.1, 0.15) is 0 Å². The molecule has 0 unspecified atom stereocenters. The van der Waals surface area contributed by atoms with Crippen molar-refractivity contribution in [1.82, 2.24) is 0 Å². The van der Waals surface area contributed by atoms with Crippen LogP contribution in [0.3, 0.4) is 0 Å². The maximum Gasteiger partial charge on any atom is -0.00721 e. The zero-order valence-electron chi connectivity index (χ0n) is 5.61. The molecule has 1 fully saturated rings. The summed E-state index contributed by atoms with van der Waals surface area (Å²) in [6.07, 6.45) is 5.47. The van der Waals surface area contributed by atoms with Crippen LogP contribution in [-0.2, 0) is 0 Å². The van der Waals surface area contributed by atoms with Crippen LogP contribution in [0.15, 0.2) is 0 Å². The van der Waals surface area contributed by atoms with Crippen molar-refractivity contribution in [3.63, 3.8) is 0 Å². The Labute approximate surface area is 51.3 Å². The SMILES string of the molecule is CC1(CCN)CCC1. The first-order chi connectivity index (χ1) is 3.77. The molecular weight excluding hydrogens is 98.1 g/mol. The first-order valence-electron chi connectivity index (χ1n) is 3.47. The van der Waals surface area contributed by atoms with Gasteiger partial charge in [0, 0.05) is 0 Å². The second kappa shape index (κ2) is 2.06. The quantitative estimate of drug-likeness (QED) is 0.577. The molecule has 0 spiro atoms. The second-order valence-corrected chi connectivity index (χ2v) is 3.20. The monoisotopic (exact) mass is 113 g/mol. The summed E-state index contributed by atoms with van der Waals surface area (Å²) >= 11 is 0. The summed E-state index contributed by atoms with van der Waals surface area (Å²) in [5.41, 5.74) is 6.07. The molecule has 0 aromatic rings. The molecule has 48 valence electrons. The molecule has 1 aliphatic carbocycles. The topological polar surface area (TPSA) is 26.0 Å². The number of rotatable bonds is 2. The fraction of sp³-hybridized carbons (Fsp3) is 1.00. The minimum Gasteiger partial charge on any atom is -0.330 e. The lowest BCUT2D eigenvalue weighted by atomic mass is 9.68. The van der Waals surface area contributed by atoms with Crippen LogP contribution in [-0.4, -0.2) is 6.54 Å². The maximum atomic E-state index is 5.42. The van der Waals surface area contributed by atoms with Crippen LogP contribution in [0, 0.1) is 5.41 Å². The average molecular weight is 113 g/mol. The van der Waals surface area contributed by atoms with E-state index in [1.54, 1.807) is 0 Å². The van der Waals surface area contributed by atoms with Crippen molar-refractivity contribution in [3.05, 3.63) is 0 Å². The molecular formula is C7H15N. The molecule has 1 rings (SSSR count). The Morgan fingerprint density at radius 2 is 2.12 bits per heavy atom. The molecule has 0 amide bonds. The molecule has 1 nitrogen and oxygen atoms in total. The Balaban J connectivity index is 2.20. The van der Waals surface area contributed by atoms with Gasteiger partial charge in [-0.1, -0.05) is 13.3 Å². The van der Waals surface area contributed by atoms with Gasteiger partial charge >= 0.3 is 0 Å². The summed E-state index contributed by atoms with van der Waals surface area (Å²) in [6, 6.07) is 0. The third-order valence-electron chi connectivity index (χ3n) is 2.31. The fourth-order valence-electron chi connectivity index (χ4n) is 1.38. The lowest BCUT2D eigenvalue weighted by Gasteiger charge is -2.38. The lowest BCUT2D eigenvalue weighted by Crippen LogP contribution is -2.28. The molecule has 0 bridgehead atoms. The van der Waals surface area contributed by atoms with Gasteiger partial charge in [-0.2, -0.15) is 0 Å². The molecule has 0 aromatic carbocycles. The smallest absolute Gasteiger partial charge is 0.00721 e. The normalized spacial score (nSPS) is 24.8. The zero-order chi connectivity index (χ0) is 6.04. The van der Waals surface area contributed by atoms with E-state index in [4.69, 9.17) is 5.73 Å². The Hall–Kier alpha value is -0.0400. The first kappa shape index (κ1) is 6.09. The van der Waals surface area contributed by atoms with Gasteiger partial charge in [-0.05, 0) is 31.2 Å². The molecule has 0 aliphatic heterocycles. The summed E-state index contributed by atoms with van der Waals surface area (Å²) in [5, 5.41) is 0. The molecule has 0 saturated heterocycles. The van der Waals surface area contributed by atoms with Gasteiger partial charge < -0.3 is 5.73 Å². The van der Waals surface area contributed by atoms with Crippen LogP contribution in [0.4, 0.5) is 0 Å². The first-order valence-corrected chi connectivity index (χ1v) is 3.47. The van der Waals surface area contributed by atoms with Crippen LogP contribution in [0.1, 0.15) is 32.6 Å². The highest BCUT2D eigenvalue weighted by Crippen LogP contribution is 2.42. The minimum atomic E-state index is 0.648. The third kappa shape index (κ3) is 1.03. The van der Waals surface area contributed by atoms with E-state index in [0.717, 1.165) is 6.54 Å². The predicted molar refractivity (Wildman–Crippen MR) is 35.6 cm³/mol. The molecule has 0 atom stereocenters. The number of hydrogen-bond donors (Lipinski definition) is 1.